The van der Waals surface area contributed by atoms with Crippen LogP contribution in [0.15, 0.2) is 18.2 Å². The number of rotatable bonds is 11. The number of unbranched alkanes of at least 4 members (excludes halogenated alkanes) is 5. The van der Waals surface area contributed by atoms with Crippen LogP contribution < -0.4 is 9.84 Å². The topological polar surface area (TPSA) is 69.6 Å². The van der Waals surface area contributed by atoms with Crippen LogP contribution in [0.5, 0.6) is 5.75 Å². The summed E-state index contributed by atoms with van der Waals surface area (Å²) in [5, 5.41) is 19.9. The zero-order chi connectivity index (χ0) is 15.5. The highest BCUT2D eigenvalue weighted by atomic mass is 16.5. The normalized spacial score (nSPS) is 10.6. The molecule has 21 heavy (non-hydrogen) atoms. The van der Waals surface area contributed by atoms with Gasteiger partial charge in [0.2, 0.25) is 0 Å². The summed E-state index contributed by atoms with van der Waals surface area (Å²) < 4.78 is 5.33. The van der Waals surface area contributed by atoms with Crippen LogP contribution in [0.1, 0.15) is 61.4 Å². The van der Waals surface area contributed by atoms with E-state index in [9.17, 15) is 9.90 Å². The lowest BCUT2D eigenvalue weighted by atomic mass is 10.00. The van der Waals surface area contributed by atoms with Crippen LogP contribution in [-0.2, 0) is 6.42 Å². The SMILES string of the molecule is CCCCCCCCc1cc(OCCO)ccc1C(=O)[O-]. The van der Waals surface area contributed by atoms with Gasteiger partial charge in [0.05, 0.1) is 12.6 Å². The van der Waals surface area contributed by atoms with Crippen LogP contribution in [0.2, 0.25) is 0 Å². The highest BCUT2D eigenvalue weighted by molar-refractivity contribution is 5.87. The molecule has 4 nitrogen and oxygen atoms in total. The fourth-order valence-corrected chi connectivity index (χ4v) is 2.33. The molecule has 1 aromatic carbocycles. The van der Waals surface area contributed by atoms with Crippen LogP contribution in [-0.4, -0.2) is 24.3 Å². The molecule has 0 heterocycles. The Balaban J connectivity index is 2.57. The van der Waals surface area contributed by atoms with Gasteiger partial charge >= 0.3 is 0 Å². The number of carbonyl (C=O) groups is 1. The van der Waals surface area contributed by atoms with Gasteiger partial charge in [-0.05, 0) is 36.6 Å². The highest BCUT2D eigenvalue weighted by Crippen LogP contribution is 2.20. The molecule has 0 fully saturated rings. The highest BCUT2D eigenvalue weighted by Gasteiger charge is 2.06. The van der Waals surface area contributed by atoms with E-state index < -0.39 is 5.97 Å². The Hall–Kier alpha value is -1.55. The molecule has 1 N–H and O–H groups in total. The van der Waals surface area contributed by atoms with Crippen molar-refractivity contribution in [1.29, 1.82) is 0 Å². The van der Waals surface area contributed by atoms with Crippen molar-refractivity contribution in [2.45, 2.75) is 51.9 Å². The zero-order valence-electron chi connectivity index (χ0n) is 12.8. The Morgan fingerprint density at radius 1 is 1.19 bits per heavy atom. The minimum atomic E-state index is -1.15. The van der Waals surface area contributed by atoms with Gasteiger partial charge in [0.1, 0.15) is 12.4 Å². The van der Waals surface area contributed by atoms with Crippen LogP contribution >= 0.6 is 0 Å². The molecule has 0 bridgehead atoms. The summed E-state index contributed by atoms with van der Waals surface area (Å²) in [4.78, 5) is 11.1. The Morgan fingerprint density at radius 3 is 2.57 bits per heavy atom. The van der Waals surface area contributed by atoms with Crippen LogP contribution in [0.4, 0.5) is 0 Å². The molecule has 0 saturated carbocycles. The number of aromatic carboxylic acids is 1. The summed E-state index contributed by atoms with van der Waals surface area (Å²) in [7, 11) is 0. The molecule has 0 saturated heterocycles. The Labute approximate surface area is 126 Å². The molecule has 0 unspecified atom stereocenters. The van der Waals surface area contributed by atoms with Gasteiger partial charge in [-0.25, -0.2) is 0 Å². The van der Waals surface area contributed by atoms with E-state index in [-0.39, 0.29) is 18.8 Å². The molecule has 4 heteroatoms. The second-order valence-electron chi connectivity index (χ2n) is 5.20. The van der Waals surface area contributed by atoms with E-state index in [0.29, 0.717) is 12.2 Å². The third-order valence-corrected chi connectivity index (χ3v) is 3.46. The minimum Gasteiger partial charge on any atom is -0.545 e. The van der Waals surface area contributed by atoms with Crippen molar-refractivity contribution in [2.24, 2.45) is 0 Å². The predicted molar refractivity (Wildman–Crippen MR) is 80.4 cm³/mol. The van der Waals surface area contributed by atoms with Crippen molar-refractivity contribution < 1.29 is 19.7 Å². The number of ether oxygens (including phenoxy) is 1. The molecule has 0 radical (unpaired) electrons. The van der Waals surface area contributed by atoms with Gasteiger partial charge in [-0.3, -0.25) is 0 Å². The number of carboxylic acid groups (broad SMARTS) is 1. The van der Waals surface area contributed by atoms with Gasteiger partial charge in [-0.2, -0.15) is 0 Å². The number of aliphatic hydroxyl groups excluding tert-OH is 1. The Kier molecular flexibility index (Phi) is 8.51. The number of benzene rings is 1. The van der Waals surface area contributed by atoms with Crippen molar-refractivity contribution in [1.82, 2.24) is 0 Å². The summed E-state index contributed by atoms with van der Waals surface area (Å²) in [6.45, 7) is 2.33. The van der Waals surface area contributed by atoms with Crippen molar-refractivity contribution in [3.8, 4) is 5.75 Å². The summed E-state index contributed by atoms with van der Waals surface area (Å²) in [6, 6.07) is 4.87. The van der Waals surface area contributed by atoms with E-state index >= 15 is 0 Å². The maximum atomic E-state index is 11.1. The van der Waals surface area contributed by atoms with Gasteiger partial charge in [-0.15, -0.1) is 0 Å². The van der Waals surface area contributed by atoms with E-state index in [1.807, 2.05) is 0 Å². The number of aliphatic hydroxyl groups is 1. The van der Waals surface area contributed by atoms with E-state index in [1.165, 1.54) is 31.7 Å². The number of carbonyl (C=O) groups excluding carboxylic acids is 1. The first-order valence-electron chi connectivity index (χ1n) is 7.77. The van der Waals surface area contributed by atoms with Crippen molar-refractivity contribution in [3.05, 3.63) is 29.3 Å². The van der Waals surface area contributed by atoms with Gasteiger partial charge in [0.15, 0.2) is 0 Å². The second-order valence-corrected chi connectivity index (χ2v) is 5.20. The average Bonchev–Trinajstić information content (AvgIpc) is 2.48. The van der Waals surface area contributed by atoms with Crippen LogP contribution in [0.3, 0.4) is 0 Å². The number of carboxylic acids is 1. The predicted octanol–water partition coefficient (Wildman–Crippen LogP) is 2.32. The standard InChI is InChI=1S/C17H26O4/c1-2-3-4-5-6-7-8-14-13-15(21-12-11-18)9-10-16(14)17(19)20/h9-10,13,18H,2-8,11-12H2,1H3,(H,19,20)/p-1. The van der Waals surface area contributed by atoms with Crippen LogP contribution in [0.25, 0.3) is 0 Å². The van der Waals surface area contributed by atoms with Gasteiger partial charge in [0.25, 0.3) is 0 Å². The zero-order valence-corrected chi connectivity index (χ0v) is 12.8. The van der Waals surface area contributed by atoms with Crippen molar-refractivity contribution in [3.63, 3.8) is 0 Å². The van der Waals surface area contributed by atoms with Gasteiger partial charge in [-0.1, -0.05) is 39.0 Å². The van der Waals surface area contributed by atoms with Crippen molar-refractivity contribution in [2.75, 3.05) is 13.2 Å². The summed E-state index contributed by atoms with van der Waals surface area (Å²) >= 11 is 0. The molecule has 0 aliphatic rings. The molecule has 0 aliphatic carbocycles. The van der Waals surface area contributed by atoms with E-state index in [4.69, 9.17) is 9.84 Å². The summed E-state index contributed by atoms with van der Waals surface area (Å²) in [5.41, 5.74) is 0.987. The first kappa shape index (κ1) is 17.5. The molecule has 0 spiro atoms. The molecule has 0 amide bonds. The number of aryl methyl sites for hydroxylation is 1. The molecular weight excluding hydrogens is 268 g/mol. The van der Waals surface area contributed by atoms with E-state index in [2.05, 4.69) is 6.92 Å². The molecule has 118 valence electrons. The van der Waals surface area contributed by atoms with E-state index in [0.717, 1.165) is 18.4 Å². The molecule has 1 aromatic rings. The molecule has 0 atom stereocenters. The minimum absolute atomic E-state index is 0.0605. The lowest BCUT2D eigenvalue weighted by Gasteiger charge is -2.13. The maximum absolute atomic E-state index is 11.1. The summed E-state index contributed by atoms with van der Waals surface area (Å²) in [5.74, 6) is -0.556. The smallest absolute Gasteiger partial charge is 0.119 e. The lowest BCUT2D eigenvalue weighted by molar-refractivity contribution is -0.255. The lowest BCUT2D eigenvalue weighted by Crippen LogP contribution is -2.23. The Bertz CT molecular complexity index is 429. The Morgan fingerprint density at radius 2 is 1.90 bits per heavy atom. The van der Waals surface area contributed by atoms with Crippen LogP contribution in [0, 0.1) is 0 Å². The largest absolute Gasteiger partial charge is 0.545 e. The van der Waals surface area contributed by atoms with Crippen molar-refractivity contribution >= 4 is 5.97 Å². The van der Waals surface area contributed by atoms with Gasteiger partial charge < -0.3 is 19.7 Å². The fraction of sp³-hybridized carbons (Fsp3) is 0.588. The fourth-order valence-electron chi connectivity index (χ4n) is 2.33. The molecular formula is C17H25O4-. The first-order chi connectivity index (χ1) is 10.2. The second kappa shape index (κ2) is 10.2. The average molecular weight is 293 g/mol. The first-order valence-corrected chi connectivity index (χ1v) is 7.77. The molecule has 1 rings (SSSR count). The maximum Gasteiger partial charge on any atom is 0.119 e. The summed E-state index contributed by atoms with van der Waals surface area (Å²) in [6.07, 6.45) is 7.69. The van der Waals surface area contributed by atoms with Gasteiger partial charge in [0, 0.05) is 5.56 Å². The number of hydrogen-bond donors (Lipinski definition) is 1. The monoisotopic (exact) mass is 293 g/mol. The molecule has 0 aromatic heterocycles. The third-order valence-electron chi connectivity index (χ3n) is 3.46. The quantitative estimate of drug-likeness (QED) is 0.636. The molecule has 0 aliphatic heterocycles. The van der Waals surface area contributed by atoms with E-state index in [1.54, 1.807) is 12.1 Å². The number of hydrogen-bond acceptors (Lipinski definition) is 4. The third kappa shape index (κ3) is 6.63.